The van der Waals surface area contributed by atoms with Crippen molar-refractivity contribution in [3.63, 3.8) is 0 Å². The van der Waals surface area contributed by atoms with Crippen LogP contribution in [0.1, 0.15) is 54.6 Å². The maximum Gasteiger partial charge on any atom is 0.255 e. The Bertz CT molecular complexity index is 816. The Labute approximate surface area is 166 Å². The zero-order valence-electron chi connectivity index (χ0n) is 17.1. The lowest BCUT2D eigenvalue weighted by Crippen LogP contribution is -2.28. The van der Waals surface area contributed by atoms with Crippen LogP contribution in [0.5, 0.6) is 11.5 Å². The number of hydrogen-bond donors (Lipinski definition) is 1. The molecule has 1 aromatic heterocycles. The number of amides is 1. The predicted molar refractivity (Wildman–Crippen MR) is 110 cm³/mol. The van der Waals surface area contributed by atoms with Crippen LogP contribution in [0.25, 0.3) is 0 Å². The molecule has 1 saturated carbocycles. The lowest BCUT2D eigenvalue weighted by Gasteiger charge is -2.20. The van der Waals surface area contributed by atoms with Gasteiger partial charge in [0.2, 0.25) is 0 Å². The molecule has 28 heavy (non-hydrogen) atoms. The molecule has 1 amide bonds. The van der Waals surface area contributed by atoms with Crippen LogP contribution in [0, 0.1) is 0 Å². The number of anilines is 1. The fourth-order valence-electron chi connectivity index (χ4n) is 3.52. The van der Waals surface area contributed by atoms with Crippen molar-refractivity contribution in [1.82, 2.24) is 10.3 Å². The van der Waals surface area contributed by atoms with E-state index in [0.717, 1.165) is 24.2 Å². The van der Waals surface area contributed by atoms with Crippen molar-refractivity contribution in [2.45, 2.75) is 44.8 Å². The SMILES string of the molecule is COc1cc(C(C)NC(=O)c2cccnc2N(C)C)ccc1OC1CCCC1. The summed E-state index contributed by atoms with van der Waals surface area (Å²) in [5.41, 5.74) is 1.51. The number of carbonyl (C=O) groups excluding carboxylic acids is 1. The van der Waals surface area contributed by atoms with Crippen molar-refractivity contribution in [1.29, 1.82) is 0 Å². The highest BCUT2D eigenvalue weighted by Gasteiger charge is 2.20. The summed E-state index contributed by atoms with van der Waals surface area (Å²) in [5.74, 6) is 1.94. The van der Waals surface area contributed by atoms with E-state index >= 15 is 0 Å². The Balaban J connectivity index is 1.73. The lowest BCUT2D eigenvalue weighted by atomic mass is 10.1. The molecule has 3 rings (SSSR count). The molecule has 1 aromatic carbocycles. The molecule has 6 heteroatoms. The highest BCUT2D eigenvalue weighted by molar-refractivity contribution is 5.99. The van der Waals surface area contributed by atoms with Gasteiger partial charge in [0, 0.05) is 20.3 Å². The summed E-state index contributed by atoms with van der Waals surface area (Å²) in [7, 11) is 5.38. The Morgan fingerprint density at radius 2 is 1.96 bits per heavy atom. The standard InChI is InChI=1S/C22H29N3O3/c1-15(24-22(26)18-10-7-13-23-21(18)25(2)3)16-11-12-19(20(14-16)27-4)28-17-8-5-6-9-17/h7,10-15,17H,5-6,8-9H2,1-4H3,(H,24,26). The van der Waals surface area contributed by atoms with Crippen molar-refractivity contribution in [3.05, 3.63) is 47.7 Å². The van der Waals surface area contributed by atoms with Gasteiger partial charge in [0.05, 0.1) is 24.8 Å². The Morgan fingerprint density at radius 3 is 2.64 bits per heavy atom. The van der Waals surface area contributed by atoms with E-state index in [-0.39, 0.29) is 18.1 Å². The molecule has 1 atom stereocenters. The van der Waals surface area contributed by atoms with Gasteiger partial charge in [-0.3, -0.25) is 4.79 Å². The molecular weight excluding hydrogens is 354 g/mol. The highest BCUT2D eigenvalue weighted by Crippen LogP contribution is 2.33. The van der Waals surface area contributed by atoms with Crippen molar-refractivity contribution < 1.29 is 14.3 Å². The van der Waals surface area contributed by atoms with E-state index in [1.54, 1.807) is 25.4 Å². The normalized spacial score (nSPS) is 15.1. The first kappa shape index (κ1) is 20.0. The van der Waals surface area contributed by atoms with Crippen molar-refractivity contribution in [2.75, 3.05) is 26.1 Å². The molecule has 0 aliphatic heterocycles. The maximum absolute atomic E-state index is 12.8. The van der Waals surface area contributed by atoms with Gasteiger partial charge in [-0.05, 0) is 62.4 Å². The molecule has 0 radical (unpaired) electrons. The summed E-state index contributed by atoms with van der Waals surface area (Å²) >= 11 is 0. The molecule has 1 aliphatic rings. The number of nitrogens with one attached hydrogen (secondary N) is 1. The number of pyridine rings is 1. The molecule has 1 fully saturated rings. The van der Waals surface area contributed by atoms with Crippen LogP contribution >= 0.6 is 0 Å². The lowest BCUT2D eigenvalue weighted by molar-refractivity contribution is 0.0940. The molecular formula is C22H29N3O3. The average Bonchev–Trinajstić information content (AvgIpc) is 3.21. The molecule has 1 unspecified atom stereocenters. The Morgan fingerprint density at radius 1 is 1.21 bits per heavy atom. The molecule has 6 nitrogen and oxygen atoms in total. The molecule has 0 saturated heterocycles. The molecule has 0 spiro atoms. The third-order valence-corrected chi connectivity index (χ3v) is 5.09. The van der Waals surface area contributed by atoms with Crippen molar-refractivity contribution >= 4 is 11.7 Å². The first-order valence-corrected chi connectivity index (χ1v) is 9.77. The maximum atomic E-state index is 12.8. The minimum Gasteiger partial charge on any atom is -0.493 e. The van der Waals surface area contributed by atoms with Gasteiger partial charge in [-0.2, -0.15) is 0 Å². The van der Waals surface area contributed by atoms with Crippen LogP contribution in [0.3, 0.4) is 0 Å². The zero-order chi connectivity index (χ0) is 20.1. The van der Waals surface area contributed by atoms with Gasteiger partial charge in [-0.1, -0.05) is 6.07 Å². The average molecular weight is 383 g/mol. The van der Waals surface area contributed by atoms with E-state index in [1.807, 2.05) is 44.1 Å². The number of carbonyl (C=O) groups is 1. The van der Waals surface area contributed by atoms with Gasteiger partial charge >= 0.3 is 0 Å². The Kier molecular flexibility index (Phi) is 6.39. The van der Waals surface area contributed by atoms with Gasteiger partial charge in [-0.25, -0.2) is 4.98 Å². The topological polar surface area (TPSA) is 63.7 Å². The van der Waals surface area contributed by atoms with Crippen LogP contribution in [-0.4, -0.2) is 38.2 Å². The summed E-state index contributed by atoms with van der Waals surface area (Å²) < 4.78 is 11.6. The largest absolute Gasteiger partial charge is 0.493 e. The Hall–Kier alpha value is -2.76. The number of nitrogens with zero attached hydrogens (tertiary/aromatic N) is 2. The van der Waals surface area contributed by atoms with Crippen molar-refractivity contribution in [3.8, 4) is 11.5 Å². The van der Waals surface area contributed by atoms with Crippen LogP contribution in [-0.2, 0) is 0 Å². The second-order valence-electron chi connectivity index (χ2n) is 7.40. The van der Waals surface area contributed by atoms with E-state index in [9.17, 15) is 4.79 Å². The second-order valence-corrected chi connectivity index (χ2v) is 7.40. The van der Waals surface area contributed by atoms with E-state index in [4.69, 9.17) is 9.47 Å². The molecule has 1 N–H and O–H groups in total. The summed E-state index contributed by atoms with van der Waals surface area (Å²) in [5, 5.41) is 3.05. The number of aromatic nitrogens is 1. The summed E-state index contributed by atoms with van der Waals surface area (Å²) in [6.07, 6.45) is 6.58. The third kappa shape index (κ3) is 4.55. The fraction of sp³-hybridized carbons (Fsp3) is 0.455. The first-order chi connectivity index (χ1) is 13.5. The second kappa shape index (κ2) is 8.95. The summed E-state index contributed by atoms with van der Waals surface area (Å²) in [6, 6.07) is 9.22. The van der Waals surface area contributed by atoms with E-state index < -0.39 is 0 Å². The van der Waals surface area contributed by atoms with E-state index in [1.165, 1.54) is 12.8 Å². The number of methoxy groups -OCH3 is 1. The van der Waals surface area contributed by atoms with Gasteiger partial charge in [-0.15, -0.1) is 0 Å². The van der Waals surface area contributed by atoms with Crippen LogP contribution in [0.2, 0.25) is 0 Å². The van der Waals surface area contributed by atoms with E-state index in [2.05, 4.69) is 10.3 Å². The van der Waals surface area contributed by atoms with Crippen molar-refractivity contribution in [2.24, 2.45) is 0 Å². The van der Waals surface area contributed by atoms with Gasteiger partial charge < -0.3 is 19.7 Å². The number of benzene rings is 1. The van der Waals surface area contributed by atoms with Gasteiger partial charge in [0.15, 0.2) is 11.5 Å². The molecule has 2 aromatic rings. The quantitative estimate of drug-likeness (QED) is 0.784. The minimum absolute atomic E-state index is 0.158. The monoisotopic (exact) mass is 383 g/mol. The van der Waals surface area contributed by atoms with Crippen LogP contribution < -0.4 is 19.7 Å². The third-order valence-electron chi connectivity index (χ3n) is 5.09. The smallest absolute Gasteiger partial charge is 0.255 e. The number of ether oxygens (including phenoxy) is 2. The van der Waals surface area contributed by atoms with Gasteiger partial charge in [0.1, 0.15) is 5.82 Å². The van der Waals surface area contributed by atoms with Crippen LogP contribution in [0.15, 0.2) is 36.5 Å². The van der Waals surface area contributed by atoms with E-state index in [0.29, 0.717) is 17.1 Å². The highest BCUT2D eigenvalue weighted by atomic mass is 16.5. The predicted octanol–water partition coefficient (Wildman–Crippen LogP) is 3.97. The van der Waals surface area contributed by atoms with Crippen LogP contribution in [0.4, 0.5) is 5.82 Å². The molecule has 0 bridgehead atoms. The zero-order valence-corrected chi connectivity index (χ0v) is 17.1. The molecule has 150 valence electrons. The summed E-state index contributed by atoms with van der Waals surface area (Å²) in [4.78, 5) is 18.9. The number of rotatable bonds is 7. The number of hydrogen-bond acceptors (Lipinski definition) is 5. The van der Waals surface area contributed by atoms with Gasteiger partial charge in [0.25, 0.3) is 5.91 Å². The molecule has 1 heterocycles. The first-order valence-electron chi connectivity index (χ1n) is 9.77. The minimum atomic E-state index is -0.183. The molecule has 1 aliphatic carbocycles. The summed E-state index contributed by atoms with van der Waals surface area (Å²) in [6.45, 7) is 1.95. The fourth-order valence-corrected chi connectivity index (χ4v) is 3.52.